The van der Waals surface area contributed by atoms with Crippen LogP contribution in [0, 0.1) is 17.5 Å². The fraction of sp³-hybridized carbons (Fsp3) is 0.136. The van der Waals surface area contributed by atoms with Gasteiger partial charge in [-0.2, -0.15) is 5.10 Å². The highest BCUT2D eigenvalue weighted by Crippen LogP contribution is 2.33. The van der Waals surface area contributed by atoms with Gasteiger partial charge in [0.05, 0.1) is 29.9 Å². The fourth-order valence-corrected chi connectivity index (χ4v) is 3.88. The van der Waals surface area contributed by atoms with Crippen LogP contribution in [0.15, 0.2) is 48.8 Å². The molecular weight excluding hydrogens is 393 g/mol. The van der Waals surface area contributed by atoms with Crippen molar-refractivity contribution >= 4 is 16.8 Å². The maximum Gasteiger partial charge on any atom is 0.256 e. The predicted molar refractivity (Wildman–Crippen MR) is 104 cm³/mol. The van der Waals surface area contributed by atoms with Crippen molar-refractivity contribution < 1.29 is 18.0 Å². The lowest BCUT2D eigenvalue weighted by Gasteiger charge is -2.17. The number of hydrogen-bond acceptors (Lipinski definition) is 3. The molecule has 150 valence electrons. The smallest absolute Gasteiger partial charge is 0.256 e. The number of benzene rings is 2. The van der Waals surface area contributed by atoms with E-state index in [0.717, 1.165) is 12.1 Å². The molecule has 3 heterocycles. The lowest BCUT2D eigenvalue weighted by Crippen LogP contribution is -2.24. The predicted octanol–water partition coefficient (Wildman–Crippen LogP) is 4.21. The summed E-state index contributed by atoms with van der Waals surface area (Å²) in [5.41, 5.74) is 1.43. The highest BCUT2D eigenvalue weighted by atomic mass is 19.1. The first kappa shape index (κ1) is 18.4. The summed E-state index contributed by atoms with van der Waals surface area (Å²) in [6, 6.07) is 8.20. The van der Waals surface area contributed by atoms with Gasteiger partial charge >= 0.3 is 0 Å². The molecule has 0 bridgehead atoms. The molecule has 5 rings (SSSR count). The van der Waals surface area contributed by atoms with Crippen molar-refractivity contribution in [1.82, 2.24) is 19.7 Å². The quantitative estimate of drug-likeness (QED) is 0.510. The van der Waals surface area contributed by atoms with Gasteiger partial charge in [0.15, 0.2) is 0 Å². The molecule has 8 heteroatoms. The molecule has 0 aliphatic carbocycles. The van der Waals surface area contributed by atoms with Gasteiger partial charge in [-0.05, 0) is 42.0 Å². The van der Waals surface area contributed by atoms with Crippen molar-refractivity contribution in [3.63, 3.8) is 0 Å². The lowest BCUT2D eigenvalue weighted by molar-refractivity contribution is 0.0763. The molecule has 0 spiro atoms. The molecule has 0 N–H and O–H groups in total. The van der Waals surface area contributed by atoms with Crippen LogP contribution < -0.4 is 0 Å². The Balaban J connectivity index is 1.53. The van der Waals surface area contributed by atoms with E-state index in [4.69, 9.17) is 0 Å². The van der Waals surface area contributed by atoms with Crippen molar-refractivity contribution in [2.45, 2.75) is 13.1 Å². The summed E-state index contributed by atoms with van der Waals surface area (Å²) in [4.78, 5) is 18.0. The number of carbonyl (C=O) groups is 1. The Kier molecular flexibility index (Phi) is 4.09. The highest BCUT2D eigenvalue weighted by molar-refractivity contribution is 5.98. The number of pyridine rings is 1. The fourth-order valence-electron chi connectivity index (χ4n) is 3.88. The van der Waals surface area contributed by atoms with E-state index in [9.17, 15) is 18.0 Å². The number of hydrogen-bond donors (Lipinski definition) is 0. The third kappa shape index (κ3) is 2.83. The van der Waals surface area contributed by atoms with Gasteiger partial charge in [-0.3, -0.25) is 14.5 Å². The molecule has 0 saturated carbocycles. The van der Waals surface area contributed by atoms with Crippen LogP contribution in [0.4, 0.5) is 13.2 Å². The first-order chi connectivity index (χ1) is 14.4. The Labute approximate surface area is 169 Å². The van der Waals surface area contributed by atoms with E-state index in [1.807, 2.05) is 0 Å². The number of halogens is 3. The Morgan fingerprint density at radius 3 is 2.57 bits per heavy atom. The maximum absolute atomic E-state index is 14.9. The summed E-state index contributed by atoms with van der Waals surface area (Å²) >= 11 is 0. The maximum atomic E-state index is 14.9. The number of nitrogens with zero attached hydrogens (tertiary/aromatic N) is 4. The summed E-state index contributed by atoms with van der Waals surface area (Å²) < 4.78 is 45.9. The number of aromatic nitrogens is 3. The first-order valence-corrected chi connectivity index (χ1v) is 9.25. The SMILES string of the molecule is Cn1cc2c(-c3cc(F)c(CN4Cc5ncccc5C4=O)c(F)c3)c(F)ccc2n1. The Morgan fingerprint density at radius 1 is 1.07 bits per heavy atom. The Morgan fingerprint density at radius 2 is 1.83 bits per heavy atom. The van der Waals surface area contributed by atoms with Gasteiger partial charge in [0, 0.05) is 36.0 Å². The minimum Gasteiger partial charge on any atom is -0.328 e. The summed E-state index contributed by atoms with van der Waals surface area (Å²) in [6.07, 6.45) is 3.17. The number of rotatable bonds is 3. The molecule has 0 saturated heterocycles. The van der Waals surface area contributed by atoms with Gasteiger partial charge in [-0.25, -0.2) is 13.2 Å². The van der Waals surface area contributed by atoms with E-state index in [0.29, 0.717) is 22.2 Å². The average Bonchev–Trinajstić information content (AvgIpc) is 3.24. The first-order valence-electron chi connectivity index (χ1n) is 9.25. The topological polar surface area (TPSA) is 51.0 Å². The van der Waals surface area contributed by atoms with E-state index < -0.39 is 17.5 Å². The third-order valence-electron chi connectivity index (χ3n) is 5.28. The zero-order chi connectivity index (χ0) is 21.0. The van der Waals surface area contributed by atoms with Crippen LogP contribution in [0.25, 0.3) is 22.0 Å². The molecule has 0 radical (unpaired) electrons. The van der Waals surface area contributed by atoms with E-state index in [1.165, 1.54) is 21.7 Å². The molecule has 2 aromatic carbocycles. The molecule has 5 nitrogen and oxygen atoms in total. The van der Waals surface area contributed by atoms with Crippen molar-refractivity contribution in [2.24, 2.45) is 7.05 Å². The zero-order valence-electron chi connectivity index (χ0n) is 15.9. The second-order valence-electron chi connectivity index (χ2n) is 7.24. The van der Waals surface area contributed by atoms with Crippen molar-refractivity contribution in [2.75, 3.05) is 0 Å². The van der Waals surface area contributed by atoms with Crippen molar-refractivity contribution in [3.8, 4) is 11.1 Å². The van der Waals surface area contributed by atoms with E-state index >= 15 is 0 Å². The van der Waals surface area contributed by atoms with Gasteiger partial charge in [0.2, 0.25) is 0 Å². The summed E-state index contributed by atoms with van der Waals surface area (Å²) in [5.74, 6) is -2.62. The van der Waals surface area contributed by atoms with Gasteiger partial charge < -0.3 is 4.90 Å². The van der Waals surface area contributed by atoms with Crippen LogP contribution in [-0.2, 0) is 20.1 Å². The van der Waals surface area contributed by atoms with Crippen molar-refractivity contribution in [3.05, 3.63) is 83.1 Å². The van der Waals surface area contributed by atoms with Crippen LogP contribution >= 0.6 is 0 Å². The molecule has 30 heavy (non-hydrogen) atoms. The third-order valence-corrected chi connectivity index (χ3v) is 5.28. The standard InChI is InChI=1S/C22H15F3N4O/c1-28-9-15-19(27-28)5-4-16(23)21(15)12-7-17(24)14(18(25)8-12)10-29-11-20-13(22(29)30)3-2-6-26-20/h2-9H,10-11H2,1H3. The minimum atomic E-state index is -0.845. The number of fused-ring (bicyclic) bond motifs is 2. The summed E-state index contributed by atoms with van der Waals surface area (Å²) in [5, 5.41) is 4.67. The molecule has 0 unspecified atom stereocenters. The second kappa shape index (κ2) is 6.69. The normalized spacial score (nSPS) is 13.3. The number of carbonyl (C=O) groups excluding carboxylic acids is 1. The zero-order valence-corrected chi connectivity index (χ0v) is 15.9. The molecular formula is C22H15F3N4O. The second-order valence-corrected chi connectivity index (χ2v) is 7.24. The van der Waals surface area contributed by atoms with Crippen LogP contribution in [0.1, 0.15) is 21.6 Å². The molecule has 2 aromatic heterocycles. The van der Waals surface area contributed by atoms with E-state index in [-0.39, 0.29) is 35.7 Å². The monoisotopic (exact) mass is 408 g/mol. The van der Waals surface area contributed by atoms with Crippen molar-refractivity contribution in [1.29, 1.82) is 0 Å². The Hall–Kier alpha value is -3.68. The molecule has 1 aliphatic heterocycles. The molecule has 1 amide bonds. The van der Waals surface area contributed by atoms with Crippen LogP contribution in [0.5, 0.6) is 0 Å². The Bertz CT molecular complexity index is 1310. The largest absolute Gasteiger partial charge is 0.328 e. The van der Waals surface area contributed by atoms with Crippen LogP contribution in [0.2, 0.25) is 0 Å². The summed E-state index contributed by atoms with van der Waals surface area (Å²) in [7, 11) is 1.69. The molecule has 4 aromatic rings. The van der Waals surface area contributed by atoms with Gasteiger partial charge in [0.1, 0.15) is 17.5 Å². The highest BCUT2D eigenvalue weighted by Gasteiger charge is 2.30. The lowest BCUT2D eigenvalue weighted by atomic mass is 9.99. The molecule has 0 atom stereocenters. The van der Waals surface area contributed by atoms with Crippen LogP contribution in [-0.4, -0.2) is 25.6 Å². The van der Waals surface area contributed by atoms with Gasteiger partial charge in [-0.1, -0.05) is 0 Å². The van der Waals surface area contributed by atoms with Crippen LogP contribution in [0.3, 0.4) is 0 Å². The number of amides is 1. The van der Waals surface area contributed by atoms with Gasteiger partial charge in [-0.15, -0.1) is 0 Å². The van der Waals surface area contributed by atoms with E-state index in [2.05, 4.69) is 10.1 Å². The summed E-state index contributed by atoms with van der Waals surface area (Å²) in [6.45, 7) is -0.0635. The number of aryl methyl sites for hydroxylation is 1. The minimum absolute atomic E-state index is 0.0718. The molecule has 0 fully saturated rings. The average molecular weight is 408 g/mol. The van der Waals surface area contributed by atoms with E-state index in [1.54, 1.807) is 31.6 Å². The molecule has 1 aliphatic rings. The van der Waals surface area contributed by atoms with Gasteiger partial charge in [0.25, 0.3) is 5.91 Å².